The van der Waals surface area contributed by atoms with E-state index in [1.54, 1.807) is 25.4 Å². The van der Waals surface area contributed by atoms with Crippen LogP contribution in [0.3, 0.4) is 0 Å². The minimum absolute atomic E-state index is 0.168. The van der Waals surface area contributed by atoms with Crippen molar-refractivity contribution in [2.24, 2.45) is 0 Å². The van der Waals surface area contributed by atoms with Gasteiger partial charge in [-0.05, 0) is 41.5 Å². The largest absolute Gasteiger partial charge is 0.497 e. The predicted molar refractivity (Wildman–Crippen MR) is 129 cm³/mol. The van der Waals surface area contributed by atoms with Crippen LogP contribution in [-0.4, -0.2) is 39.2 Å². The topological polar surface area (TPSA) is 66.9 Å². The molecular formula is C26H23NO5S. The number of rotatable bonds is 8. The van der Waals surface area contributed by atoms with Crippen LogP contribution in [0.5, 0.6) is 23.0 Å². The van der Waals surface area contributed by atoms with Crippen molar-refractivity contribution in [3.8, 4) is 44.7 Å². The first-order valence-corrected chi connectivity index (χ1v) is 11.0. The molecular weight excluding hydrogens is 438 g/mol. The number of methoxy groups -OCH3 is 4. The molecule has 0 amide bonds. The van der Waals surface area contributed by atoms with Crippen molar-refractivity contribution < 1.29 is 23.7 Å². The van der Waals surface area contributed by atoms with Crippen LogP contribution in [0, 0.1) is 0 Å². The van der Waals surface area contributed by atoms with Crippen LogP contribution in [0.2, 0.25) is 0 Å². The first-order chi connectivity index (χ1) is 16.1. The number of hydrogen-bond acceptors (Lipinski definition) is 7. The highest BCUT2D eigenvalue weighted by molar-refractivity contribution is 7.13. The lowest BCUT2D eigenvalue weighted by Gasteiger charge is -2.15. The van der Waals surface area contributed by atoms with Crippen LogP contribution in [0.25, 0.3) is 21.7 Å². The fourth-order valence-corrected chi connectivity index (χ4v) is 4.26. The van der Waals surface area contributed by atoms with Crippen LogP contribution >= 0.6 is 11.3 Å². The van der Waals surface area contributed by atoms with Crippen LogP contribution in [-0.2, 0) is 0 Å². The Labute approximate surface area is 196 Å². The number of ether oxygens (including phenoxy) is 4. The van der Waals surface area contributed by atoms with E-state index in [1.165, 1.54) is 32.7 Å². The summed E-state index contributed by atoms with van der Waals surface area (Å²) in [4.78, 5) is 18.2. The van der Waals surface area contributed by atoms with E-state index in [9.17, 15) is 4.79 Å². The molecule has 3 aromatic carbocycles. The van der Waals surface area contributed by atoms with E-state index in [0.29, 0.717) is 28.4 Å². The Hall–Kier alpha value is -3.84. The van der Waals surface area contributed by atoms with Gasteiger partial charge in [0.1, 0.15) is 10.8 Å². The summed E-state index contributed by atoms with van der Waals surface area (Å²) in [6.45, 7) is 0. The molecule has 0 bridgehead atoms. The van der Waals surface area contributed by atoms with Crippen molar-refractivity contribution >= 4 is 17.1 Å². The lowest BCUT2D eigenvalue weighted by molar-refractivity contribution is 0.103. The summed E-state index contributed by atoms with van der Waals surface area (Å²) in [5.41, 5.74) is 3.55. The molecule has 0 radical (unpaired) electrons. The predicted octanol–water partition coefficient (Wildman–Crippen LogP) is 5.74. The maximum Gasteiger partial charge on any atom is 0.203 e. The van der Waals surface area contributed by atoms with Gasteiger partial charge in [0, 0.05) is 28.3 Å². The van der Waals surface area contributed by atoms with Gasteiger partial charge in [-0.2, -0.15) is 0 Å². The first-order valence-electron chi connectivity index (χ1n) is 10.1. The summed E-state index contributed by atoms with van der Waals surface area (Å²) in [6, 6.07) is 16.7. The third-order valence-electron chi connectivity index (χ3n) is 5.27. The zero-order valence-electron chi connectivity index (χ0n) is 18.7. The fraction of sp³-hybridized carbons (Fsp3) is 0.154. The standard InChI is InChI=1S/C26H23NO5S/c1-29-19-8-5-16(6-9-19)20-10-7-17(26-27-11-12-33-26)13-21(20)24(28)18-14-22(30-2)25(32-4)23(15-18)31-3/h5-15H,1-4H3. The number of hydrogen-bond donors (Lipinski definition) is 0. The Morgan fingerprint density at radius 3 is 2.00 bits per heavy atom. The monoisotopic (exact) mass is 461 g/mol. The average molecular weight is 462 g/mol. The second kappa shape index (κ2) is 9.75. The van der Waals surface area contributed by atoms with E-state index in [-0.39, 0.29) is 5.78 Å². The Kier molecular flexibility index (Phi) is 6.60. The van der Waals surface area contributed by atoms with Crippen molar-refractivity contribution in [1.82, 2.24) is 4.98 Å². The summed E-state index contributed by atoms with van der Waals surface area (Å²) < 4.78 is 21.6. The molecule has 0 saturated carbocycles. The summed E-state index contributed by atoms with van der Waals surface area (Å²) >= 11 is 1.52. The minimum atomic E-state index is -0.168. The van der Waals surface area contributed by atoms with Crippen molar-refractivity contribution in [1.29, 1.82) is 0 Å². The Bertz CT molecular complexity index is 1240. The summed E-state index contributed by atoms with van der Waals surface area (Å²) in [5.74, 6) is 1.85. The number of benzene rings is 3. The van der Waals surface area contributed by atoms with Crippen LogP contribution < -0.4 is 18.9 Å². The molecule has 4 aromatic rings. The third-order valence-corrected chi connectivity index (χ3v) is 6.09. The van der Waals surface area contributed by atoms with Gasteiger partial charge in [0.2, 0.25) is 5.75 Å². The molecule has 1 heterocycles. The van der Waals surface area contributed by atoms with E-state index in [1.807, 2.05) is 47.8 Å². The van der Waals surface area contributed by atoms with Crippen LogP contribution in [0.1, 0.15) is 15.9 Å². The van der Waals surface area contributed by atoms with Gasteiger partial charge in [0.05, 0.1) is 28.4 Å². The molecule has 6 nitrogen and oxygen atoms in total. The number of carbonyl (C=O) groups is 1. The van der Waals surface area contributed by atoms with E-state index in [4.69, 9.17) is 18.9 Å². The lowest BCUT2D eigenvalue weighted by atomic mass is 9.92. The van der Waals surface area contributed by atoms with Gasteiger partial charge in [-0.3, -0.25) is 4.79 Å². The Balaban J connectivity index is 1.88. The molecule has 0 saturated heterocycles. The van der Waals surface area contributed by atoms with Gasteiger partial charge in [-0.15, -0.1) is 11.3 Å². The highest BCUT2D eigenvalue weighted by Gasteiger charge is 2.21. The number of thiazole rings is 1. The smallest absolute Gasteiger partial charge is 0.203 e. The van der Waals surface area contributed by atoms with Gasteiger partial charge < -0.3 is 18.9 Å². The average Bonchev–Trinajstić information content (AvgIpc) is 3.42. The molecule has 4 rings (SSSR count). The van der Waals surface area contributed by atoms with Gasteiger partial charge in [0.25, 0.3) is 0 Å². The maximum atomic E-state index is 13.8. The van der Waals surface area contributed by atoms with Gasteiger partial charge in [-0.1, -0.05) is 24.3 Å². The van der Waals surface area contributed by atoms with E-state index < -0.39 is 0 Å². The zero-order chi connectivity index (χ0) is 23.4. The second-order valence-electron chi connectivity index (χ2n) is 7.07. The second-order valence-corrected chi connectivity index (χ2v) is 7.96. The van der Waals surface area contributed by atoms with Crippen molar-refractivity contribution in [3.05, 3.63) is 77.3 Å². The molecule has 0 spiro atoms. The molecule has 7 heteroatoms. The van der Waals surface area contributed by atoms with E-state index in [0.717, 1.165) is 27.4 Å². The molecule has 0 N–H and O–H groups in total. The number of carbonyl (C=O) groups excluding carboxylic acids is 1. The first kappa shape index (κ1) is 22.4. The van der Waals surface area contributed by atoms with Crippen molar-refractivity contribution in [2.45, 2.75) is 0 Å². The molecule has 33 heavy (non-hydrogen) atoms. The third kappa shape index (κ3) is 4.40. The molecule has 0 aliphatic heterocycles. The molecule has 0 atom stereocenters. The molecule has 0 aliphatic rings. The fourth-order valence-electron chi connectivity index (χ4n) is 3.62. The van der Waals surface area contributed by atoms with Crippen molar-refractivity contribution in [3.63, 3.8) is 0 Å². The highest BCUT2D eigenvalue weighted by atomic mass is 32.1. The normalized spacial score (nSPS) is 10.5. The summed E-state index contributed by atoms with van der Waals surface area (Å²) in [7, 11) is 6.20. The SMILES string of the molecule is COc1ccc(-c2ccc(-c3nccs3)cc2C(=O)c2cc(OC)c(OC)c(OC)c2)cc1. The maximum absolute atomic E-state index is 13.8. The summed E-state index contributed by atoms with van der Waals surface area (Å²) in [6.07, 6.45) is 1.75. The van der Waals surface area contributed by atoms with Gasteiger partial charge >= 0.3 is 0 Å². The molecule has 168 valence electrons. The lowest BCUT2D eigenvalue weighted by Crippen LogP contribution is -2.06. The van der Waals surface area contributed by atoms with Crippen LogP contribution in [0.4, 0.5) is 0 Å². The number of aromatic nitrogens is 1. The molecule has 0 fully saturated rings. The quantitative estimate of drug-likeness (QED) is 0.312. The minimum Gasteiger partial charge on any atom is -0.497 e. The van der Waals surface area contributed by atoms with Crippen LogP contribution in [0.15, 0.2) is 66.2 Å². The van der Waals surface area contributed by atoms with Gasteiger partial charge in [-0.25, -0.2) is 4.98 Å². The Morgan fingerprint density at radius 2 is 1.45 bits per heavy atom. The highest BCUT2D eigenvalue weighted by Crippen LogP contribution is 2.40. The molecule has 0 unspecified atom stereocenters. The van der Waals surface area contributed by atoms with Crippen molar-refractivity contribution in [2.75, 3.05) is 28.4 Å². The number of ketones is 1. The van der Waals surface area contributed by atoms with E-state index >= 15 is 0 Å². The van der Waals surface area contributed by atoms with E-state index in [2.05, 4.69) is 4.98 Å². The molecule has 0 aliphatic carbocycles. The zero-order valence-corrected chi connectivity index (χ0v) is 19.6. The molecule has 1 aromatic heterocycles. The van der Waals surface area contributed by atoms with Gasteiger partial charge in [0.15, 0.2) is 17.3 Å². The Morgan fingerprint density at radius 1 is 0.788 bits per heavy atom. The number of nitrogens with zero attached hydrogens (tertiary/aromatic N) is 1. The summed E-state index contributed by atoms with van der Waals surface area (Å²) in [5, 5.41) is 2.75.